The van der Waals surface area contributed by atoms with Crippen LogP contribution in [0.15, 0.2) is 35.4 Å². The average molecular weight is 556 g/mol. The number of ether oxygens (including phenoxy) is 2. The fourth-order valence-electron chi connectivity index (χ4n) is 5.26. The van der Waals surface area contributed by atoms with Crippen molar-refractivity contribution in [1.82, 2.24) is 29.6 Å². The number of nitrogens with one attached hydrogen (secondary N) is 2. The van der Waals surface area contributed by atoms with Crippen LogP contribution in [0, 0.1) is 12.7 Å². The lowest BCUT2D eigenvalue weighted by Crippen LogP contribution is -2.40. The van der Waals surface area contributed by atoms with Crippen LogP contribution in [0.1, 0.15) is 48.3 Å². The van der Waals surface area contributed by atoms with Crippen molar-refractivity contribution < 1.29 is 22.6 Å². The SMILES string of the molecule is Cc1nc(NC(C)c2cccc(C(F)F)c2F)c2cn([C@H]3CNCCO3)c(=O)c(-c3cnn4c3COCC4)c2n1. The molecule has 2 atom stereocenters. The number of morpholine rings is 1. The first-order valence-electron chi connectivity index (χ1n) is 13.0. The van der Waals surface area contributed by atoms with Gasteiger partial charge in [-0.25, -0.2) is 23.1 Å². The number of halogens is 3. The molecule has 210 valence electrons. The van der Waals surface area contributed by atoms with Gasteiger partial charge in [-0.15, -0.1) is 0 Å². The van der Waals surface area contributed by atoms with Crippen LogP contribution in [0.25, 0.3) is 22.0 Å². The van der Waals surface area contributed by atoms with Crippen LogP contribution in [0.2, 0.25) is 0 Å². The van der Waals surface area contributed by atoms with Gasteiger partial charge >= 0.3 is 0 Å². The Balaban J connectivity index is 1.54. The van der Waals surface area contributed by atoms with Crippen molar-refractivity contribution >= 4 is 16.7 Å². The van der Waals surface area contributed by atoms with Crippen molar-refractivity contribution in [2.75, 3.05) is 31.6 Å². The average Bonchev–Trinajstić information content (AvgIpc) is 3.37. The molecular weight excluding hydrogens is 527 g/mol. The maximum absolute atomic E-state index is 15.0. The fourth-order valence-corrected chi connectivity index (χ4v) is 5.26. The summed E-state index contributed by atoms with van der Waals surface area (Å²) in [4.78, 5) is 23.3. The Morgan fingerprint density at radius 1 is 1.20 bits per heavy atom. The quantitative estimate of drug-likeness (QED) is 0.369. The predicted octanol–water partition coefficient (Wildman–Crippen LogP) is 3.86. The Bertz CT molecular complexity index is 1630. The minimum absolute atomic E-state index is 0.0680. The van der Waals surface area contributed by atoms with Crippen LogP contribution < -0.4 is 16.2 Å². The molecule has 10 nitrogen and oxygen atoms in total. The molecule has 40 heavy (non-hydrogen) atoms. The molecule has 3 aromatic heterocycles. The van der Waals surface area contributed by atoms with Gasteiger partial charge in [-0.05, 0) is 13.8 Å². The van der Waals surface area contributed by atoms with Gasteiger partial charge in [-0.2, -0.15) is 5.10 Å². The predicted molar refractivity (Wildman–Crippen MR) is 141 cm³/mol. The molecule has 5 heterocycles. The topological polar surface area (TPSA) is 108 Å². The van der Waals surface area contributed by atoms with Crippen molar-refractivity contribution in [2.45, 2.75) is 45.7 Å². The smallest absolute Gasteiger partial charge is 0.266 e. The molecule has 0 radical (unpaired) electrons. The molecule has 0 amide bonds. The zero-order valence-corrected chi connectivity index (χ0v) is 22.0. The van der Waals surface area contributed by atoms with E-state index in [1.807, 2.05) is 4.68 Å². The van der Waals surface area contributed by atoms with E-state index in [0.717, 1.165) is 11.8 Å². The lowest BCUT2D eigenvalue weighted by molar-refractivity contribution is -0.0213. The Morgan fingerprint density at radius 2 is 2.02 bits per heavy atom. The number of aromatic nitrogens is 5. The normalized spacial score (nSPS) is 18.2. The van der Waals surface area contributed by atoms with Crippen LogP contribution in [0.5, 0.6) is 0 Å². The molecular formula is C27H28F3N7O3. The summed E-state index contributed by atoms with van der Waals surface area (Å²) < 4.78 is 56.6. The summed E-state index contributed by atoms with van der Waals surface area (Å²) in [7, 11) is 0. The van der Waals surface area contributed by atoms with Crippen LogP contribution in [-0.2, 0) is 22.6 Å². The van der Waals surface area contributed by atoms with Crippen molar-refractivity contribution in [2.24, 2.45) is 0 Å². The maximum Gasteiger partial charge on any atom is 0.266 e. The van der Waals surface area contributed by atoms with Crippen molar-refractivity contribution in [3.05, 3.63) is 69.4 Å². The summed E-state index contributed by atoms with van der Waals surface area (Å²) in [6.07, 6.45) is -0.255. The van der Waals surface area contributed by atoms with Gasteiger partial charge in [0.1, 0.15) is 23.7 Å². The van der Waals surface area contributed by atoms with Gasteiger partial charge in [-0.1, -0.05) is 18.2 Å². The van der Waals surface area contributed by atoms with Crippen LogP contribution >= 0.6 is 0 Å². The fraction of sp³-hybridized carbons (Fsp3) is 0.407. The standard InChI is InChI=1S/C27H28F3N7O3/c1-14(16-4-3-5-17(23(16)28)25(29)30)33-26-19-12-36(21-11-31-6-8-40-21)27(38)22(24(19)34-15(2)35-26)18-10-32-37-7-9-39-13-20(18)37/h3-5,10,12,14,21,25,31H,6-9,11,13H2,1-2H3,(H,33,34,35)/t14?,21-/m1/s1. The number of nitrogens with zero attached hydrogens (tertiary/aromatic N) is 5. The van der Waals surface area contributed by atoms with Gasteiger partial charge in [0.25, 0.3) is 12.0 Å². The number of alkyl halides is 2. The van der Waals surface area contributed by atoms with Gasteiger partial charge < -0.3 is 20.1 Å². The molecule has 2 aliphatic heterocycles. The highest BCUT2D eigenvalue weighted by molar-refractivity contribution is 5.98. The summed E-state index contributed by atoms with van der Waals surface area (Å²) in [5, 5.41) is 11.4. The first-order chi connectivity index (χ1) is 19.3. The summed E-state index contributed by atoms with van der Waals surface area (Å²) in [6.45, 7) is 6.22. The van der Waals surface area contributed by atoms with E-state index in [1.165, 1.54) is 16.7 Å². The second-order valence-electron chi connectivity index (χ2n) is 9.83. The minimum Gasteiger partial charge on any atom is -0.373 e. The third-order valence-electron chi connectivity index (χ3n) is 7.25. The molecule has 1 aromatic carbocycles. The molecule has 0 saturated carbocycles. The third-order valence-corrected chi connectivity index (χ3v) is 7.25. The van der Waals surface area contributed by atoms with Crippen LogP contribution in [0.4, 0.5) is 19.0 Å². The van der Waals surface area contributed by atoms with E-state index in [9.17, 15) is 18.0 Å². The zero-order chi connectivity index (χ0) is 28.0. The van der Waals surface area contributed by atoms with Crippen molar-refractivity contribution in [3.63, 3.8) is 0 Å². The highest BCUT2D eigenvalue weighted by atomic mass is 19.3. The molecule has 1 saturated heterocycles. The van der Waals surface area contributed by atoms with Gasteiger partial charge in [0.15, 0.2) is 0 Å². The lowest BCUT2D eigenvalue weighted by Gasteiger charge is -2.27. The number of hydrogen-bond acceptors (Lipinski definition) is 8. The van der Waals surface area contributed by atoms with Gasteiger partial charge in [0, 0.05) is 30.4 Å². The lowest BCUT2D eigenvalue weighted by atomic mass is 10.0. The largest absolute Gasteiger partial charge is 0.373 e. The van der Waals surface area contributed by atoms with E-state index < -0.39 is 30.1 Å². The van der Waals surface area contributed by atoms with Crippen molar-refractivity contribution in [1.29, 1.82) is 0 Å². The number of benzene rings is 1. The van der Waals surface area contributed by atoms with E-state index in [0.29, 0.717) is 73.1 Å². The zero-order valence-electron chi connectivity index (χ0n) is 22.0. The number of aryl methyl sites for hydroxylation is 1. The molecule has 0 spiro atoms. The summed E-state index contributed by atoms with van der Waals surface area (Å²) in [5.41, 5.74) is 1.16. The van der Waals surface area contributed by atoms with Gasteiger partial charge in [-0.3, -0.25) is 14.0 Å². The Labute approximate surface area is 227 Å². The molecule has 13 heteroatoms. The van der Waals surface area contributed by atoms with E-state index in [2.05, 4.69) is 25.7 Å². The highest BCUT2D eigenvalue weighted by Gasteiger charge is 2.28. The van der Waals surface area contributed by atoms with E-state index >= 15 is 0 Å². The van der Waals surface area contributed by atoms with Crippen LogP contribution in [0.3, 0.4) is 0 Å². The van der Waals surface area contributed by atoms with Crippen LogP contribution in [-0.4, -0.2) is 50.6 Å². The molecule has 4 aromatic rings. The number of pyridine rings is 1. The minimum atomic E-state index is -2.94. The molecule has 0 bridgehead atoms. The third kappa shape index (κ3) is 4.63. The summed E-state index contributed by atoms with van der Waals surface area (Å²) in [5.74, 6) is -0.276. The maximum atomic E-state index is 15.0. The molecule has 1 unspecified atom stereocenters. The first-order valence-corrected chi connectivity index (χ1v) is 13.0. The van der Waals surface area contributed by atoms with Gasteiger partial charge in [0.05, 0.1) is 66.3 Å². The Hall–Kier alpha value is -3.81. The molecule has 0 aliphatic carbocycles. The number of hydrogen-bond donors (Lipinski definition) is 2. The van der Waals surface area contributed by atoms with E-state index in [4.69, 9.17) is 9.47 Å². The second-order valence-corrected chi connectivity index (χ2v) is 9.83. The Kier molecular flexibility index (Phi) is 7.02. The number of fused-ring (bicyclic) bond motifs is 2. The second kappa shape index (κ2) is 10.6. The first kappa shape index (κ1) is 26.4. The summed E-state index contributed by atoms with van der Waals surface area (Å²) >= 11 is 0. The van der Waals surface area contributed by atoms with Crippen molar-refractivity contribution in [3.8, 4) is 11.1 Å². The highest BCUT2D eigenvalue weighted by Crippen LogP contribution is 2.34. The molecule has 2 N–H and O–H groups in total. The monoisotopic (exact) mass is 555 g/mol. The Morgan fingerprint density at radius 3 is 2.80 bits per heavy atom. The van der Waals surface area contributed by atoms with E-state index in [1.54, 1.807) is 26.2 Å². The number of rotatable bonds is 6. The number of anilines is 1. The molecule has 6 rings (SSSR count). The van der Waals surface area contributed by atoms with Gasteiger partial charge in [0.2, 0.25) is 0 Å². The molecule has 1 fully saturated rings. The summed E-state index contributed by atoms with van der Waals surface area (Å²) in [6, 6.07) is 3.19. The molecule has 2 aliphatic rings. The van der Waals surface area contributed by atoms with E-state index in [-0.39, 0.29) is 11.1 Å².